The minimum Gasteiger partial charge on any atom is -0.307 e. The molecular weight excluding hydrogens is 300 g/mol. The molecule has 92 valence electrons. The van der Waals surface area contributed by atoms with Crippen molar-refractivity contribution in [3.05, 3.63) is 40.9 Å². The Morgan fingerprint density at radius 2 is 2.06 bits per heavy atom. The zero-order chi connectivity index (χ0) is 13.0. The highest BCUT2D eigenvalue weighted by Gasteiger charge is 2.09. The highest BCUT2D eigenvalue weighted by Crippen LogP contribution is 2.11. The largest absolute Gasteiger partial charge is 0.307 e. The number of pyridine rings is 1. The highest BCUT2D eigenvalue weighted by molar-refractivity contribution is 9.10. The molecule has 0 aliphatic rings. The van der Waals surface area contributed by atoms with Crippen LogP contribution in [0.2, 0.25) is 0 Å². The van der Waals surface area contributed by atoms with Crippen LogP contribution in [0.3, 0.4) is 0 Å². The molecule has 8 heteroatoms. The number of nitrogens with one attached hydrogen (secondary N) is 2. The summed E-state index contributed by atoms with van der Waals surface area (Å²) in [7, 11) is 0. The maximum atomic E-state index is 11.8. The van der Waals surface area contributed by atoms with Crippen molar-refractivity contribution in [2.45, 2.75) is 0 Å². The number of rotatable bonds is 3. The van der Waals surface area contributed by atoms with Gasteiger partial charge in [-0.25, -0.2) is 15.8 Å². The van der Waals surface area contributed by atoms with Crippen LogP contribution in [0.25, 0.3) is 0 Å². The minimum atomic E-state index is -0.408. The molecule has 0 bridgehead atoms. The third-order valence-electron chi connectivity index (χ3n) is 1.98. The standard InChI is InChI=1S/C10H9BrN6O/c11-6-1-2-8(14-3-6)16-10(18)7-4-13-5-9(15-7)17-12/h1-5H,12H2,(H,15,17)(H,14,16,18). The molecular formula is C10H9BrN6O. The summed E-state index contributed by atoms with van der Waals surface area (Å²) >= 11 is 3.26. The lowest BCUT2D eigenvalue weighted by atomic mass is 10.4. The van der Waals surface area contributed by atoms with Crippen molar-refractivity contribution in [3.8, 4) is 0 Å². The monoisotopic (exact) mass is 308 g/mol. The summed E-state index contributed by atoms with van der Waals surface area (Å²) < 4.78 is 0.828. The fraction of sp³-hybridized carbons (Fsp3) is 0. The first kappa shape index (κ1) is 12.4. The zero-order valence-corrected chi connectivity index (χ0v) is 10.7. The molecule has 0 saturated carbocycles. The second-order valence-corrected chi connectivity index (χ2v) is 4.17. The van der Waals surface area contributed by atoms with E-state index in [2.05, 4.69) is 41.6 Å². The molecule has 2 heterocycles. The van der Waals surface area contributed by atoms with E-state index in [9.17, 15) is 4.79 Å². The van der Waals surface area contributed by atoms with Crippen LogP contribution in [0, 0.1) is 0 Å². The molecule has 18 heavy (non-hydrogen) atoms. The number of hydrazine groups is 1. The lowest BCUT2D eigenvalue weighted by Gasteiger charge is -2.04. The molecule has 0 aliphatic heterocycles. The number of amides is 1. The molecule has 0 fully saturated rings. The summed E-state index contributed by atoms with van der Waals surface area (Å²) in [5, 5.41) is 2.59. The lowest BCUT2D eigenvalue weighted by molar-refractivity contribution is 0.102. The molecule has 2 aromatic heterocycles. The van der Waals surface area contributed by atoms with Gasteiger partial charge < -0.3 is 10.7 Å². The Hall–Kier alpha value is -2.06. The molecule has 0 unspecified atom stereocenters. The van der Waals surface area contributed by atoms with Crippen LogP contribution in [0.4, 0.5) is 11.6 Å². The number of nitrogens with zero attached hydrogens (tertiary/aromatic N) is 3. The Labute approximate surface area is 111 Å². The highest BCUT2D eigenvalue weighted by atomic mass is 79.9. The lowest BCUT2D eigenvalue weighted by Crippen LogP contribution is -2.17. The van der Waals surface area contributed by atoms with Crippen LogP contribution >= 0.6 is 15.9 Å². The van der Waals surface area contributed by atoms with Crippen molar-refractivity contribution >= 4 is 33.5 Å². The Kier molecular flexibility index (Phi) is 3.80. The van der Waals surface area contributed by atoms with E-state index in [1.807, 2.05) is 0 Å². The first-order valence-corrected chi connectivity index (χ1v) is 5.70. The van der Waals surface area contributed by atoms with E-state index >= 15 is 0 Å². The van der Waals surface area contributed by atoms with Gasteiger partial charge in [0.2, 0.25) is 0 Å². The van der Waals surface area contributed by atoms with Crippen LogP contribution in [-0.4, -0.2) is 20.9 Å². The molecule has 2 rings (SSSR count). The van der Waals surface area contributed by atoms with Gasteiger partial charge in [0.15, 0.2) is 5.82 Å². The van der Waals surface area contributed by atoms with Gasteiger partial charge in [0.1, 0.15) is 11.5 Å². The van der Waals surface area contributed by atoms with Crippen LogP contribution in [0.5, 0.6) is 0 Å². The van der Waals surface area contributed by atoms with Gasteiger partial charge in [0.05, 0.1) is 12.4 Å². The van der Waals surface area contributed by atoms with Crippen LogP contribution in [0.15, 0.2) is 35.2 Å². The number of carbonyl (C=O) groups excluding carboxylic acids is 1. The summed E-state index contributed by atoms with van der Waals surface area (Å²) in [4.78, 5) is 23.6. The van der Waals surface area contributed by atoms with Crippen LogP contribution in [-0.2, 0) is 0 Å². The quantitative estimate of drug-likeness (QED) is 0.580. The molecule has 0 spiro atoms. The molecule has 0 aliphatic carbocycles. The third kappa shape index (κ3) is 2.99. The number of nitrogens with two attached hydrogens (primary N) is 1. The smallest absolute Gasteiger partial charge is 0.277 e. The second kappa shape index (κ2) is 5.52. The Balaban J connectivity index is 2.14. The molecule has 2 aromatic rings. The molecule has 0 radical (unpaired) electrons. The number of nitrogen functional groups attached to an aromatic ring is 1. The Morgan fingerprint density at radius 1 is 1.22 bits per heavy atom. The number of aromatic nitrogens is 3. The maximum Gasteiger partial charge on any atom is 0.277 e. The average Bonchev–Trinajstić information content (AvgIpc) is 2.41. The predicted octanol–water partition coefficient (Wildman–Crippen LogP) is 1.17. The van der Waals surface area contributed by atoms with Crippen molar-refractivity contribution in [3.63, 3.8) is 0 Å². The van der Waals surface area contributed by atoms with Crippen molar-refractivity contribution in [2.24, 2.45) is 5.84 Å². The van der Waals surface area contributed by atoms with Crippen molar-refractivity contribution < 1.29 is 4.79 Å². The van der Waals surface area contributed by atoms with Crippen molar-refractivity contribution in [2.75, 3.05) is 10.7 Å². The normalized spacial score (nSPS) is 9.89. The fourth-order valence-corrected chi connectivity index (χ4v) is 1.41. The fourth-order valence-electron chi connectivity index (χ4n) is 1.18. The zero-order valence-electron chi connectivity index (χ0n) is 9.09. The topological polar surface area (TPSA) is 106 Å². The van der Waals surface area contributed by atoms with E-state index in [-0.39, 0.29) is 5.69 Å². The first-order chi connectivity index (χ1) is 8.69. The van der Waals surface area contributed by atoms with E-state index in [0.717, 1.165) is 4.47 Å². The summed E-state index contributed by atoms with van der Waals surface area (Å²) in [6, 6.07) is 3.44. The van der Waals surface area contributed by atoms with Crippen LogP contribution < -0.4 is 16.6 Å². The van der Waals surface area contributed by atoms with Crippen LogP contribution in [0.1, 0.15) is 10.5 Å². The second-order valence-electron chi connectivity index (χ2n) is 3.25. The summed E-state index contributed by atoms with van der Waals surface area (Å²) in [6.45, 7) is 0. The number of hydrogen-bond donors (Lipinski definition) is 3. The van der Waals surface area contributed by atoms with E-state index in [1.54, 1.807) is 18.3 Å². The maximum absolute atomic E-state index is 11.8. The number of carbonyl (C=O) groups is 1. The van der Waals surface area contributed by atoms with E-state index in [1.165, 1.54) is 12.4 Å². The van der Waals surface area contributed by atoms with Gasteiger partial charge in [-0.05, 0) is 28.1 Å². The van der Waals surface area contributed by atoms with Crippen molar-refractivity contribution in [1.82, 2.24) is 15.0 Å². The first-order valence-electron chi connectivity index (χ1n) is 4.90. The van der Waals surface area contributed by atoms with Gasteiger partial charge in [0, 0.05) is 10.7 Å². The van der Waals surface area contributed by atoms with Gasteiger partial charge in [0.25, 0.3) is 5.91 Å². The molecule has 0 atom stereocenters. The van der Waals surface area contributed by atoms with Gasteiger partial charge >= 0.3 is 0 Å². The number of halogens is 1. The molecule has 0 aromatic carbocycles. The van der Waals surface area contributed by atoms with Gasteiger partial charge in [-0.2, -0.15) is 0 Å². The summed E-state index contributed by atoms with van der Waals surface area (Å²) in [6.07, 6.45) is 4.34. The van der Waals surface area contributed by atoms with E-state index in [0.29, 0.717) is 11.6 Å². The molecule has 0 saturated heterocycles. The minimum absolute atomic E-state index is 0.148. The molecule has 7 nitrogen and oxygen atoms in total. The van der Waals surface area contributed by atoms with Gasteiger partial charge in [-0.1, -0.05) is 0 Å². The number of anilines is 2. The van der Waals surface area contributed by atoms with Gasteiger partial charge in [-0.3, -0.25) is 9.78 Å². The predicted molar refractivity (Wildman–Crippen MR) is 69.7 cm³/mol. The van der Waals surface area contributed by atoms with Crippen molar-refractivity contribution in [1.29, 1.82) is 0 Å². The average molecular weight is 309 g/mol. The summed E-state index contributed by atoms with van der Waals surface area (Å²) in [5.41, 5.74) is 2.47. The van der Waals surface area contributed by atoms with E-state index in [4.69, 9.17) is 5.84 Å². The molecule has 1 amide bonds. The van der Waals surface area contributed by atoms with E-state index < -0.39 is 5.91 Å². The number of hydrogen-bond acceptors (Lipinski definition) is 6. The third-order valence-corrected chi connectivity index (χ3v) is 2.45. The van der Waals surface area contributed by atoms with Gasteiger partial charge in [-0.15, -0.1) is 0 Å². The summed E-state index contributed by atoms with van der Waals surface area (Å²) in [5.74, 6) is 5.52. The molecule has 4 N–H and O–H groups in total. The SMILES string of the molecule is NNc1cncc(C(=O)Nc2ccc(Br)cn2)n1. The Bertz CT molecular complexity index is 559. The Morgan fingerprint density at radius 3 is 2.72 bits per heavy atom.